The topological polar surface area (TPSA) is 3.24 Å². The summed E-state index contributed by atoms with van der Waals surface area (Å²) in [7, 11) is 0. The molecule has 0 spiro atoms. The van der Waals surface area contributed by atoms with Gasteiger partial charge in [-0.15, -0.1) is 0 Å². The van der Waals surface area contributed by atoms with Crippen molar-refractivity contribution in [3.8, 4) is 22.3 Å². The van der Waals surface area contributed by atoms with E-state index in [0.717, 1.165) is 47.3 Å². The molecule has 8 saturated carbocycles. The third-order valence-electron chi connectivity index (χ3n) is 14.9. The van der Waals surface area contributed by atoms with Crippen LogP contribution in [0, 0.1) is 41.4 Å². The summed E-state index contributed by atoms with van der Waals surface area (Å²) in [4.78, 5) is 2.60. The lowest BCUT2D eigenvalue weighted by atomic mass is 9.47. The molecule has 256 valence electrons. The minimum absolute atomic E-state index is 0.366. The molecule has 5 aromatic carbocycles. The molecule has 0 unspecified atom stereocenters. The molecule has 0 radical (unpaired) electrons. The van der Waals surface area contributed by atoms with Crippen LogP contribution in [0.4, 0.5) is 17.1 Å². The van der Waals surface area contributed by atoms with Crippen LogP contribution in [0.15, 0.2) is 127 Å². The van der Waals surface area contributed by atoms with Gasteiger partial charge in [-0.05, 0) is 193 Å². The van der Waals surface area contributed by atoms with Gasteiger partial charge in [-0.3, -0.25) is 0 Å². The van der Waals surface area contributed by atoms with Crippen LogP contribution >= 0.6 is 0 Å². The standard InChI is InChI=1S/C50H51N/c1-3-7-38(8-4-1)40-11-15-46(16-12-40)51(47-17-13-41(14-18-47)39-9-5-2-6-10-39)48-28-44(49-42-23-33-19-34(25-42)26-43(49)24-33)27-45(29-48)50-30-35-20-36(31-50)22-37(21-35)32-50/h1-18,27-29,33-37,42-43,49H,19-26,30-32H2. The summed E-state index contributed by atoms with van der Waals surface area (Å²) < 4.78 is 0. The first-order valence-electron chi connectivity index (χ1n) is 20.4. The van der Waals surface area contributed by atoms with Crippen molar-refractivity contribution in [1.29, 1.82) is 0 Å². The zero-order valence-electron chi connectivity index (χ0n) is 30.0. The smallest absolute Gasteiger partial charge is 0.0467 e. The maximum absolute atomic E-state index is 2.80. The first-order chi connectivity index (χ1) is 25.1. The largest absolute Gasteiger partial charge is 0.310 e. The Kier molecular flexibility index (Phi) is 7.17. The summed E-state index contributed by atoms with van der Waals surface area (Å²) in [5.41, 5.74) is 12.7. The zero-order valence-corrected chi connectivity index (χ0v) is 30.0. The molecule has 13 rings (SSSR count). The van der Waals surface area contributed by atoms with Crippen LogP contribution in [0.2, 0.25) is 0 Å². The Labute approximate surface area is 305 Å². The molecule has 0 aromatic heterocycles. The summed E-state index contributed by atoms with van der Waals surface area (Å²) in [6, 6.07) is 48.6. The normalized spacial score (nSPS) is 32.7. The Morgan fingerprint density at radius 2 is 0.824 bits per heavy atom. The van der Waals surface area contributed by atoms with Crippen molar-refractivity contribution < 1.29 is 0 Å². The van der Waals surface area contributed by atoms with Crippen LogP contribution in [0.3, 0.4) is 0 Å². The molecule has 8 aliphatic rings. The van der Waals surface area contributed by atoms with Crippen molar-refractivity contribution in [3.05, 3.63) is 139 Å². The second-order valence-corrected chi connectivity index (χ2v) is 18.1. The molecular formula is C50H51N. The van der Waals surface area contributed by atoms with Crippen molar-refractivity contribution in [3.63, 3.8) is 0 Å². The molecule has 0 atom stereocenters. The number of rotatable bonds is 7. The van der Waals surface area contributed by atoms with Gasteiger partial charge < -0.3 is 4.90 Å². The van der Waals surface area contributed by atoms with Crippen molar-refractivity contribution in [2.75, 3.05) is 4.90 Å². The van der Waals surface area contributed by atoms with Crippen LogP contribution in [-0.2, 0) is 5.41 Å². The molecule has 5 aromatic rings. The zero-order chi connectivity index (χ0) is 33.5. The highest BCUT2D eigenvalue weighted by Crippen LogP contribution is 2.63. The van der Waals surface area contributed by atoms with Gasteiger partial charge in [0, 0.05) is 17.1 Å². The Morgan fingerprint density at radius 1 is 0.392 bits per heavy atom. The number of anilines is 3. The Bertz CT molecular complexity index is 1880. The Morgan fingerprint density at radius 3 is 1.29 bits per heavy atom. The molecule has 1 heteroatoms. The highest BCUT2D eigenvalue weighted by Gasteiger charge is 2.53. The van der Waals surface area contributed by atoms with E-state index in [2.05, 4.69) is 132 Å². The molecule has 8 fully saturated rings. The molecule has 0 N–H and O–H groups in total. The third kappa shape index (κ3) is 5.32. The highest BCUT2D eigenvalue weighted by molar-refractivity contribution is 5.80. The van der Waals surface area contributed by atoms with Crippen LogP contribution in [0.25, 0.3) is 22.3 Å². The maximum atomic E-state index is 2.80. The molecular weight excluding hydrogens is 615 g/mol. The molecule has 51 heavy (non-hydrogen) atoms. The van der Waals surface area contributed by atoms with E-state index >= 15 is 0 Å². The van der Waals surface area contributed by atoms with Gasteiger partial charge in [-0.25, -0.2) is 0 Å². The summed E-state index contributed by atoms with van der Waals surface area (Å²) in [5, 5.41) is 0. The first kappa shape index (κ1) is 30.5. The number of benzene rings is 5. The third-order valence-corrected chi connectivity index (χ3v) is 14.9. The van der Waals surface area contributed by atoms with E-state index < -0.39 is 0 Å². The van der Waals surface area contributed by atoms with Crippen molar-refractivity contribution in [1.82, 2.24) is 0 Å². The van der Waals surface area contributed by atoms with E-state index in [4.69, 9.17) is 0 Å². The maximum Gasteiger partial charge on any atom is 0.0467 e. The summed E-state index contributed by atoms with van der Waals surface area (Å²) in [5.74, 6) is 7.31. The SMILES string of the molecule is c1ccc(-c2ccc(N(c3ccc(-c4ccccc4)cc3)c3cc(C4C5CC6CC(C5)CC4C6)cc(C45CC6CC(CC(C6)C4)C5)c3)cc2)cc1. The minimum Gasteiger partial charge on any atom is -0.310 e. The summed E-state index contributed by atoms with van der Waals surface area (Å²) in [6.45, 7) is 0. The van der Waals surface area contributed by atoms with Gasteiger partial charge in [0.15, 0.2) is 0 Å². The lowest BCUT2D eigenvalue weighted by Gasteiger charge is -2.57. The van der Waals surface area contributed by atoms with Gasteiger partial charge in [0.2, 0.25) is 0 Å². The van der Waals surface area contributed by atoms with E-state index in [0.29, 0.717) is 5.41 Å². The fourth-order valence-electron chi connectivity index (χ4n) is 13.5. The van der Waals surface area contributed by atoms with E-state index in [1.165, 1.54) is 110 Å². The van der Waals surface area contributed by atoms with E-state index in [-0.39, 0.29) is 0 Å². The monoisotopic (exact) mass is 665 g/mol. The van der Waals surface area contributed by atoms with Gasteiger partial charge in [0.25, 0.3) is 0 Å². The molecule has 8 bridgehead atoms. The van der Waals surface area contributed by atoms with Gasteiger partial charge >= 0.3 is 0 Å². The second-order valence-electron chi connectivity index (χ2n) is 18.1. The number of nitrogens with zero attached hydrogens (tertiary/aromatic N) is 1. The quantitative estimate of drug-likeness (QED) is 0.167. The highest BCUT2D eigenvalue weighted by atomic mass is 15.1. The van der Waals surface area contributed by atoms with Gasteiger partial charge in [-0.2, -0.15) is 0 Å². The molecule has 1 nitrogen and oxygen atoms in total. The molecule has 8 aliphatic carbocycles. The first-order valence-corrected chi connectivity index (χ1v) is 20.4. The predicted octanol–water partition coefficient (Wildman–Crippen LogP) is 13.5. The van der Waals surface area contributed by atoms with E-state index in [9.17, 15) is 0 Å². The van der Waals surface area contributed by atoms with Crippen LogP contribution in [0.1, 0.15) is 87.7 Å². The second kappa shape index (κ2) is 12.0. The molecule has 0 heterocycles. The summed E-state index contributed by atoms with van der Waals surface area (Å²) in [6.07, 6.45) is 16.1. The Balaban J connectivity index is 1.06. The van der Waals surface area contributed by atoms with Crippen LogP contribution in [0.5, 0.6) is 0 Å². The van der Waals surface area contributed by atoms with Gasteiger partial charge in [-0.1, -0.05) is 91.0 Å². The lowest BCUT2D eigenvalue weighted by Crippen LogP contribution is -2.48. The molecule has 0 aliphatic heterocycles. The van der Waals surface area contributed by atoms with Crippen LogP contribution in [-0.4, -0.2) is 0 Å². The van der Waals surface area contributed by atoms with Crippen molar-refractivity contribution in [2.45, 2.75) is 82.0 Å². The average molecular weight is 666 g/mol. The fraction of sp³-hybridized carbons (Fsp3) is 0.400. The van der Waals surface area contributed by atoms with Crippen LogP contribution < -0.4 is 4.90 Å². The molecule has 0 amide bonds. The van der Waals surface area contributed by atoms with Crippen molar-refractivity contribution in [2.24, 2.45) is 41.4 Å². The molecule has 0 saturated heterocycles. The fourth-order valence-corrected chi connectivity index (χ4v) is 13.5. The van der Waals surface area contributed by atoms with Gasteiger partial charge in [0.1, 0.15) is 0 Å². The lowest BCUT2D eigenvalue weighted by molar-refractivity contribution is -0.00701. The van der Waals surface area contributed by atoms with E-state index in [1.807, 2.05) is 0 Å². The van der Waals surface area contributed by atoms with Crippen molar-refractivity contribution >= 4 is 17.1 Å². The Hall–Kier alpha value is -4.10. The average Bonchev–Trinajstić information content (AvgIpc) is 3.15. The van der Waals surface area contributed by atoms with E-state index in [1.54, 1.807) is 11.1 Å². The predicted molar refractivity (Wildman–Crippen MR) is 212 cm³/mol. The number of hydrogen-bond donors (Lipinski definition) is 0. The summed E-state index contributed by atoms with van der Waals surface area (Å²) >= 11 is 0. The number of hydrogen-bond acceptors (Lipinski definition) is 1. The minimum atomic E-state index is 0.366. The van der Waals surface area contributed by atoms with Gasteiger partial charge in [0.05, 0.1) is 0 Å².